The summed E-state index contributed by atoms with van der Waals surface area (Å²) in [6.07, 6.45) is -3.41. The van der Waals surface area contributed by atoms with Gasteiger partial charge in [0.25, 0.3) is 5.91 Å². The predicted molar refractivity (Wildman–Crippen MR) is 89.1 cm³/mol. The quantitative estimate of drug-likeness (QED) is 0.670. The number of hydrogen-bond donors (Lipinski definition) is 3. The van der Waals surface area contributed by atoms with Crippen LogP contribution in [0.3, 0.4) is 0 Å². The first-order chi connectivity index (χ1) is 12.6. The van der Waals surface area contributed by atoms with Crippen LogP contribution in [0.1, 0.15) is 60.6 Å². The van der Waals surface area contributed by atoms with E-state index in [2.05, 4.69) is 15.5 Å². The number of carbonyl (C=O) groups excluding carboxylic acids is 1. The number of carbonyl (C=O) groups is 1. The minimum absolute atomic E-state index is 0.0535. The van der Waals surface area contributed by atoms with Gasteiger partial charge in [0.05, 0.1) is 17.3 Å². The van der Waals surface area contributed by atoms with E-state index in [9.17, 15) is 28.0 Å². The highest BCUT2D eigenvalue weighted by Gasteiger charge is 2.37. The van der Waals surface area contributed by atoms with Crippen LogP contribution >= 0.6 is 0 Å². The van der Waals surface area contributed by atoms with Crippen molar-refractivity contribution in [2.75, 3.05) is 0 Å². The van der Waals surface area contributed by atoms with Gasteiger partial charge in [0.1, 0.15) is 5.69 Å². The average Bonchev–Trinajstić information content (AvgIpc) is 3.19. The second-order valence-electron chi connectivity index (χ2n) is 6.71. The number of alkyl halides is 3. The number of nitrogens with zero attached hydrogens (tertiary/aromatic N) is 4. The maximum Gasteiger partial charge on any atom is 0.510 e. The predicted octanol–water partition coefficient (Wildman–Crippen LogP) is 0.624. The van der Waals surface area contributed by atoms with Crippen molar-refractivity contribution in [3.05, 3.63) is 29.2 Å². The zero-order valence-electron chi connectivity index (χ0n) is 14.7. The normalized spacial score (nSPS) is 17.1. The van der Waals surface area contributed by atoms with E-state index in [-0.39, 0.29) is 11.3 Å². The molecule has 0 bridgehead atoms. The second kappa shape index (κ2) is 7.00. The van der Waals surface area contributed by atoms with Crippen molar-refractivity contribution >= 4 is 18.6 Å². The Morgan fingerprint density at radius 3 is 2.63 bits per heavy atom. The average molecular weight is 385 g/mol. The highest BCUT2D eigenvalue weighted by atomic mass is 19.4. The molecule has 3 N–H and O–H groups in total. The first kappa shape index (κ1) is 19.4. The van der Waals surface area contributed by atoms with E-state index < -0.39 is 37.0 Å². The summed E-state index contributed by atoms with van der Waals surface area (Å²) in [6, 6.07) is 1.26. The van der Waals surface area contributed by atoms with Gasteiger partial charge in [-0.25, -0.2) is 0 Å². The van der Waals surface area contributed by atoms with E-state index in [4.69, 9.17) is 0 Å². The molecule has 12 heteroatoms. The molecule has 0 radical (unpaired) electrons. The number of fused-ring (bicyclic) bond motifs is 1. The lowest BCUT2D eigenvalue weighted by molar-refractivity contribution is -0.141. The highest BCUT2D eigenvalue weighted by molar-refractivity contribution is 6.57. The number of halogens is 3. The van der Waals surface area contributed by atoms with Crippen LogP contribution in [-0.2, 0) is 12.7 Å². The molecule has 1 aliphatic heterocycles. The van der Waals surface area contributed by atoms with E-state index in [1.165, 1.54) is 6.07 Å². The Balaban J connectivity index is 1.88. The molecule has 0 aliphatic carbocycles. The van der Waals surface area contributed by atoms with Crippen molar-refractivity contribution in [1.82, 2.24) is 24.9 Å². The Hall–Kier alpha value is -2.34. The largest absolute Gasteiger partial charge is 0.510 e. The number of aryl methyl sites for hydroxylation is 1. The second-order valence-corrected chi connectivity index (χ2v) is 6.71. The van der Waals surface area contributed by atoms with E-state index in [0.717, 1.165) is 10.7 Å². The van der Waals surface area contributed by atoms with Gasteiger partial charge in [-0.2, -0.15) is 23.4 Å². The number of nitrogens with one attached hydrogen (secondary N) is 1. The summed E-state index contributed by atoms with van der Waals surface area (Å²) in [5, 5.41) is 28.8. The van der Waals surface area contributed by atoms with Gasteiger partial charge in [0.15, 0.2) is 5.69 Å². The minimum Gasteiger partial charge on any atom is -0.422 e. The van der Waals surface area contributed by atoms with Gasteiger partial charge in [-0.1, -0.05) is 0 Å². The highest BCUT2D eigenvalue weighted by Crippen LogP contribution is 2.30. The third-order valence-electron chi connectivity index (χ3n) is 4.37. The fourth-order valence-electron chi connectivity index (χ4n) is 3.11. The number of hydrogen-bond acceptors (Lipinski definition) is 5. The summed E-state index contributed by atoms with van der Waals surface area (Å²) >= 11 is 0. The molecule has 0 saturated heterocycles. The standard InChI is InChI=1S/C15H19BF3N5O3/c1-8(2)24-11(6-12(21-24)15(17,18)19)14(25)20-9-4-3-5-23-10(9)7-13(22-23)16(26)27/h6-9,26-27H,3-5H2,1-2H3,(H,20,25)/t9-/m0/s1. The fraction of sp³-hybridized carbons (Fsp3) is 0.533. The molecule has 3 heterocycles. The Morgan fingerprint density at radius 2 is 2.04 bits per heavy atom. The van der Waals surface area contributed by atoms with Crippen molar-refractivity contribution in [3.63, 3.8) is 0 Å². The van der Waals surface area contributed by atoms with Crippen LogP contribution < -0.4 is 10.9 Å². The molecule has 3 rings (SSSR count). The summed E-state index contributed by atoms with van der Waals surface area (Å²) in [7, 11) is -1.74. The molecule has 2 aromatic heterocycles. The molecule has 1 atom stereocenters. The molecular weight excluding hydrogens is 366 g/mol. The molecule has 0 saturated carbocycles. The Morgan fingerprint density at radius 1 is 1.33 bits per heavy atom. The van der Waals surface area contributed by atoms with Gasteiger partial charge in [-0.15, -0.1) is 0 Å². The third-order valence-corrected chi connectivity index (χ3v) is 4.37. The molecule has 2 aromatic rings. The van der Waals surface area contributed by atoms with Gasteiger partial charge in [0.2, 0.25) is 0 Å². The van der Waals surface area contributed by atoms with Crippen LogP contribution in [0.4, 0.5) is 13.2 Å². The molecule has 0 aromatic carbocycles. The van der Waals surface area contributed by atoms with E-state index in [0.29, 0.717) is 25.1 Å². The molecule has 1 aliphatic rings. The Bertz CT molecular complexity index is 846. The molecule has 8 nitrogen and oxygen atoms in total. The lowest BCUT2D eigenvalue weighted by Gasteiger charge is -2.24. The van der Waals surface area contributed by atoms with Crippen LogP contribution in [0.25, 0.3) is 0 Å². The molecule has 0 spiro atoms. The number of amides is 1. The van der Waals surface area contributed by atoms with Gasteiger partial charge < -0.3 is 15.4 Å². The number of rotatable bonds is 4. The summed E-state index contributed by atoms with van der Waals surface area (Å²) < 4.78 is 41.5. The molecule has 1 amide bonds. The maximum absolute atomic E-state index is 13.0. The van der Waals surface area contributed by atoms with Crippen molar-refractivity contribution in [1.29, 1.82) is 0 Å². The zero-order chi connectivity index (χ0) is 19.9. The number of aromatic nitrogens is 4. The summed E-state index contributed by atoms with van der Waals surface area (Å²) in [5.74, 6) is -0.683. The summed E-state index contributed by atoms with van der Waals surface area (Å²) in [6.45, 7) is 3.82. The SMILES string of the molecule is CC(C)n1nc(C(F)(F)F)cc1C(=O)N[C@H]1CCCn2nc(B(O)O)cc21. The van der Waals surface area contributed by atoms with Crippen LogP contribution in [-0.4, -0.2) is 42.6 Å². The lowest BCUT2D eigenvalue weighted by atomic mass is 9.86. The minimum atomic E-state index is -4.65. The van der Waals surface area contributed by atoms with Crippen LogP contribution in [0, 0.1) is 0 Å². The molecule has 27 heavy (non-hydrogen) atoms. The summed E-state index contributed by atoms with van der Waals surface area (Å²) in [4.78, 5) is 12.7. The molecule has 146 valence electrons. The van der Waals surface area contributed by atoms with Gasteiger partial charge in [0, 0.05) is 18.7 Å². The van der Waals surface area contributed by atoms with Crippen molar-refractivity contribution in [2.24, 2.45) is 0 Å². The lowest BCUT2D eigenvalue weighted by Crippen LogP contribution is -2.34. The van der Waals surface area contributed by atoms with Crippen LogP contribution in [0.2, 0.25) is 0 Å². The topological polar surface area (TPSA) is 105 Å². The summed E-state index contributed by atoms with van der Waals surface area (Å²) in [5.41, 5.74) is -0.681. The monoisotopic (exact) mass is 385 g/mol. The van der Waals surface area contributed by atoms with Crippen molar-refractivity contribution in [2.45, 2.75) is 51.5 Å². The van der Waals surface area contributed by atoms with Gasteiger partial charge in [-0.3, -0.25) is 14.2 Å². The third kappa shape index (κ3) is 3.86. The van der Waals surface area contributed by atoms with Gasteiger partial charge in [-0.05, 0) is 32.8 Å². The Kier molecular flexibility index (Phi) is 5.04. The molecular formula is C15H19BF3N5O3. The fourth-order valence-corrected chi connectivity index (χ4v) is 3.11. The maximum atomic E-state index is 13.0. The molecule has 0 fully saturated rings. The van der Waals surface area contributed by atoms with E-state index in [1.54, 1.807) is 18.5 Å². The van der Waals surface area contributed by atoms with Gasteiger partial charge >= 0.3 is 13.3 Å². The smallest absolute Gasteiger partial charge is 0.422 e. The Labute approximate surface area is 153 Å². The van der Waals surface area contributed by atoms with Crippen LogP contribution in [0.5, 0.6) is 0 Å². The van der Waals surface area contributed by atoms with Crippen molar-refractivity contribution < 1.29 is 28.0 Å². The zero-order valence-corrected chi connectivity index (χ0v) is 14.7. The van der Waals surface area contributed by atoms with E-state index >= 15 is 0 Å². The van der Waals surface area contributed by atoms with Crippen molar-refractivity contribution in [3.8, 4) is 0 Å². The first-order valence-corrected chi connectivity index (χ1v) is 8.49. The van der Waals surface area contributed by atoms with Crippen LogP contribution in [0.15, 0.2) is 12.1 Å². The first-order valence-electron chi connectivity index (χ1n) is 8.49. The van der Waals surface area contributed by atoms with E-state index in [1.807, 2.05) is 0 Å². The molecule has 0 unspecified atom stereocenters.